The summed E-state index contributed by atoms with van der Waals surface area (Å²) >= 11 is 0. The average molecular weight is 284 g/mol. The maximum Gasteiger partial charge on any atom is 0.103 e. The quantitative estimate of drug-likeness (QED) is 0.629. The van der Waals surface area contributed by atoms with E-state index in [-0.39, 0.29) is 6.10 Å². The minimum atomic E-state index is 0.237. The standard InChI is InChI=1S/C16H20N4O/c1-11(2)21-8-4-7-19-15-12(9-17)10-20-16-13(15)5-3-6-14(16)18/h3,5-6,10-11H,4,7-8,18H2,1-2H3,(H,19,20). The van der Waals surface area contributed by atoms with Crippen molar-refractivity contribution >= 4 is 22.3 Å². The van der Waals surface area contributed by atoms with Crippen LogP contribution in [0.25, 0.3) is 10.9 Å². The molecule has 0 aliphatic carbocycles. The Bertz CT molecular complexity index is 661. The summed E-state index contributed by atoms with van der Waals surface area (Å²) in [7, 11) is 0. The molecule has 0 radical (unpaired) electrons. The summed E-state index contributed by atoms with van der Waals surface area (Å²) in [4.78, 5) is 4.27. The molecule has 0 spiro atoms. The molecule has 2 aromatic rings. The van der Waals surface area contributed by atoms with Gasteiger partial charge in [-0.3, -0.25) is 4.98 Å². The third-order valence-electron chi connectivity index (χ3n) is 3.12. The van der Waals surface area contributed by atoms with Gasteiger partial charge in [-0.05, 0) is 26.3 Å². The van der Waals surface area contributed by atoms with Crippen LogP contribution < -0.4 is 11.1 Å². The average Bonchev–Trinajstić information content (AvgIpc) is 2.47. The van der Waals surface area contributed by atoms with Gasteiger partial charge in [-0.25, -0.2) is 0 Å². The van der Waals surface area contributed by atoms with Crippen molar-refractivity contribution in [3.8, 4) is 6.07 Å². The van der Waals surface area contributed by atoms with Crippen LogP contribution in [0.2, 0.25) is 0 Å². The van der Waals surface area contributed by atoms with Crippen molar-refractivity contribution in [1.82, 2.24) is 4.98 Å². The van der Waals surface area contributed by atoms with Gasteiger partial charge in [0.25, 0.3) is 0 Å². The first-order valence-electron chi connectivity index (χ1n) is 7.06. The van der Waals surface area contributed by atoms with E-state index in [1.54, 1.807) is 6.20 Å². The summed E-state index contributed by atoms with van der Waals surface area (Å²) in [5.41, 5.74) is 8.58. The predicted octanol–water partition coefficient (Wildman–Crippen LogP) is 2.92. The summed E-state index contributed by atoms with van der Waals surface area (Å²) in [6, 6.07) is 7.77. The molecule has 0 aliphatic rings. The van der Waals surface area contributed by atoms with Crippen LogP contribution in [0.3, 0.4) is 0 Å². The van der Waals surface area contributed by atoms with Gasteiger partial charge in [0.1, 0.15) is 6.07 Å². The normalized spacial score (nSPS) is 10.8. The van der Waals surface area contributed by atoms with Gasteiger partial charge in [-0.1, -0.05) is 12.1 Å². The van der Waals surface area contributed by atoms with E-state index in [1.165, 1.54) is 0 Å². The minimum absolute atomic E-state index is 0.237. The van der Waals surface area contributed by atoms with Gasteiger partial charge in [0, 0.05) is 24.7 Å². The number of benzene rings is 1. The van der Waals surface area contributed by atoms with Crippen LogP contribution >= 0.6 is 0 Å². The molecule has 0 fully saturated rings. The van der Waals surface area contributed by atoms with E-state index in [2.05, 4.69) is 16.4 Å². The molecule has 2 rings (SSSR count). The highest BCUT2D eigenvalue weighted by Gasteiger charge is 2.09. The fourth-order valence-electron chi connectivity index (χ4n) is 2.13. The highest BCUT2D eigenvalue weighted by molar-refractivity contribution is 5.99. The first-order valence-corrected chi connectivity index (χ1v) is 7.06. The molecule has 110 valence electrons. The van der Waals surface area contributed by atoms with Crippen LogP contribution in [0.5, 0.6) is 0 Å². The molecule has 0 bridgehead atoms. The number of nitrogen functional groups attached to an aromatic ring is 1. The zero-order chi connectivity index (χ0) is 15.2. The van der Waals surface area contributed by atoms with Crippen molar-refractivity contribution in [2.24, 2.45) is 0 Å². The molecule has 1 aromatic carbocycles. The maximum atomic E-state index is 9.24. The molecule has 0 saturated heterocycles. The minimum Gasteiger partial charge on any atom is -0.397 e. The lowest BCUT2D eigenvalue weighted by Gasteiger charge is -2.13. The number of hydrogen-bond donors (Lipinski definition) is 2. The number of nitrogens with zero attached hydrogens (tertiary/aromatic N) is 2. The van der Waals surface area contributed by atoms with E-state index >= 15 is 0 Å². The number of fused-ring (bicyclic) bond motifs is 1. The van der Waals surface area contributed by atoms with Gasteiger partial charge in [0.05, 0.1) is 28.6 Å². The highest BCUT2D eigenvalue weighted by atomic mass is 16.5. The number of hydrogen-bond acceptors (Lipinski definition) is 5. The molecule has 21 heavy (non-hydrogen) atoms. The summed E-state index contributed by atoms with van der Waals surface area (Å²) < 4.78 is 5.51. The second kappa shape index (κ2) is 6.91. The largest absolute Gasteiger partial charge is 0.397 e. The van der Waals surface area contributed by atoms with Crippen LogP contribution in [0, 0.1) is 11.3 Å². The highest BCUT2D eigenvalue weighted by Crippen LogP contribution is 2.28. The van der Waals surface area contributed by atoms with Gasteiger partial charge >= 0.3 is 0 Å². The molecule has 0 atom stereocenters. The van der Waals surface area contributed by atoms with E-state index in [9.17, 15) is 5.26 Å². The summed E-state index contributed by atoms with van der Waals surface area (Å²) in [6.07, 6.45) is 2.67. The zero-order valence-corrected chi connectivity index (χ0v) is 12.4. The molecular weight excluding hydrogens is 264 g/mol. The van der Waals surface area contributed by atoms with Crippen LogP contribution in [0.15, 0.2) is 24.4 Å². The number of nitriles is 1. The second-order valence-electron chi connectivity index (χ2n) is 5.10. The van der Waals surface area contributed by atoms with Crippen LogP contribution in [-0.2, 0) is 4.74 Å². The summed E-state index contributed by atoms with van der Waals surface area (Å²) in [5, 5.41) is 13.4. The Morgan fingerprint density at radius 2 is 2.24 bits per heavy atom. The Morgan fingerprint density at radius 1 is 1.43 bits per heavy atom. The number of ether oxygens (including phenoxy) is 1. The molecule has 0 aliphatic heterocycles. The Morgan fingerprint density at radius 3 is 2.95 bits per heavy atom. The SMILES string of the molecule is CC(C)OCCCNc1c(C#N)cnc2c(N)cccc12. The molecule has 1 heterocycles. The summed E-state index contributed by atoms with van der Waals surface area (Å²) in [5.74, 6) is 0. The maximum absolute atomic E-state index is 9.24. The van der Waals surface area contributed by atoms with Gasteiger partial charge in [0.15, 0.2) is 0 Å². The Kier molecular flexibility index (Phi) is 4.96. The van der Waals surface area contributed by atoms with E-state index in [4.69, 9.17) is 10.5 Å². The Balaban J connectivity index is 2.17. The molecule has 5 nitrogen and oxygen atoms in total. The Labute approximate surface area is 124 Å². The van der Waals surface area contributed by atoms with Crippen molar-refractivity contribution < 1.29 is 4.74 Å². The summed E-state index contributed by atoms with van der Waals surface area (Å²) in [6.45, 7) is 5.45. The van der Waals surface area contributed by atoms with Gasteiger partial charge < -0.3 is 15.8 Å². The van der Waals surface area contributed by atoms with Crippen LogP contribution in [-0.4, -0.2) is 24.2 Å². The van der Waals surface area contributed by atoms with Crippen molar-refractivity contribution in [3.05, 3.63) is 30.0 Å². The second-order valence-corrected chi connectivity index (χ2v) is 5.10. The van der Waals surface area contributed by atoms with E-state index < -0.39 is 0 Å². The monoisotopic (exact) mass is 284 g/mol. The topological polar surface area (TPSA) is 84.0 Å². The van der Waals surface area contributed by atoms with E-state index in [1.807, 2.05) is 32.0 Å². The smallest absolute Gasteiger partial charge is 0.103 e. The third-order valence-corrected chi connectivity index (χ3v) is 3.12. The van der Waals surface area contributed by atoms with Gasteiger partial charge in [0.2, 0.25) is 0 Å². The number of nitrogens with two attached hydrogens (primary N) is 1. The zero-order valence-electron chi connectivity index (χ0n) is 12.4. The molecule has 0 saturated carbocycles. The molecule has 5 heteroatoms. The third kappa shape index (κ3) is 3.61. The fourth-order valence-corrected chi connectivity index (χ4v) is 2.13. The lowest BCUT2D eigenvalue weighted by atomic mass is 10.1. The van der Waals surface area contributed by atoms with Crippen molar-refractivity contribution in [2.45, 2.75) is 26.4 Å². The van der Waals surface area contributed by atoms with Crippen molar-refractivity contribution in [2.75, 3.05) is 24.2 Å². The molecule has 3 N–H and O–H groups in total. The van der Waals surface area contributed by atoms with Crippen molar-refractivity contribution in [3.63, 3.8) is 0 Å². The van der Waals surface area contributed by atoms with E-state index in [0.29, 0.717) is 17.9 Å². The first kappa shape index (κ1) is 15.1. The van der Waals surface area contributed by atoms with Crippen molar-refractivity contribution in [1.29, 1.82) is 5.26 Å². The lowest BCUT2D eigenvalue weighted by molar-refractivity contribution is 0.0787. The molecule has 0 unspecified atom stereocenters. The lowest BCUT2D eigenvalue weighted by Crippen LogP contribution is -2.10. The van der Waals surface area contributed by atoms with E-state index in [0.717, 1.165) is 29.6 Å². The predicted molar refractivity (Wildman–Crippen MR) is 85.1 cm³/mol. The fraction of sp³-hybridized carbons (Fsp3) is 0.375. The number of nitrogens with one attached hydrogen (secondary N) is 1. The molecule has 1 aromatic heterocycles. The Hall–Kier alpha value is -2.32. The number of aromatic nitrogens is 1. The molecule has 0 amide bonds. The van der Waals surface area contributed by atoms with Crippen LogP contribution in [0.1, 0.15) is 25.8 Å². The number of pyridine rings is 1. The number of rotatable bonds is 6. The van der Waals surface area contributed by atoms with Crippen LogP contribution in [0.4, 0.5) is 11.4 Å². The van der Waals surface area contributed by atoms with Gasteiger partial charge in [-0.15, -0.1) is 0 Å². The molecular formula is C16H20N4O. The van der Waals surface area contributed by atoms with Gasteiger partial charge in [-0.2, -0.15) is 5.26 Å². The number of anilines is 2. The first-order chi connectivity index (χ1) is 10.1. The number of para-hydroxylation sites is 1.